The van der Waals surface area contributed by atoms with E-state index in [-0.39, 0.29) is 11.5 Å². The van der Waals surface area contributed by atoms with E-state index < -0.39 is 0 Å². The fraction of sp³-hybridized carbons (Fsp3) is 0.636. The van der Waals surface area contributed by atoms with Gasteiger partial charge >= 0.3 is 0 Å². The summed E-state index contributed by atoms with van der Waals surface area (Å²) >= 11 is 0. The maximum atomic E-state index is 11.7. The van der Waals surface area contributed by atoms with Crippen LogP contribution in [0, 0.1) is 5.92 Å². The molecule has 0 bridgehead atoms. The first-order valence-corrected chi connectivity index (χ1v) is 5.56. The minimum Gasteiger partial charge on any atom is -0.373 e. The summed E-state index contributed by atoms with van der Waals surface area (Å²) in [4.78, 5) is 13.7. The Morgan fingerprint density at radius 1 is 1.62 bits per heavy atom. The van der Waals surface area contributed by atoms with Gasteiger partial charge in [0.2, 0.25) is 0 Å². The highest BCUT2D eigenvalue weighted by atomic mass is 16.1. The van der Waals surface area contributed by atoms with E-state index >= 15 is 0 Å². The molecule has 5 nitrogen and oxygen atoms in total. The zero-order valence-electron chi connectivity index (χ0n) is 10.2. The van der Waals surface area contributed by atoms with Gasteiger partial charge in [0, 0.05) is 26.2 Å². The van der Waals surface area contributed by atoms with Crippen molar-refractivity contribution in [3.8, 4) is 0 Å². The number of hydrogen-bond donors (Lipinski definition) is 1. The van der Waals surface area contributed by atoms with Crippen molar-refractivity contribution in [1.29, 1.82) is 0 Å². The van der Waals surface area contributed by atoms with E-state index in [4.69, 9.17) is 5.73 Å². The van der Waals surface area contributed by atoms with E-state index in [2.05, 4.69) is 5.10 Å². The first-order valence-electron chi connectivity index (χ1n) is 5.56. The summed E-state index contributed by atoms with van der Waals surface area (Å²) in [6.45, 7) is 6.02. The Balaban J connectivity index is 2.87. The number of hydrogen-bond acceptors (Lipinski definition) is 4. The molecule has 0 aliphatic rings. The molecule has 5 heteroatoms. The molecule has 0 fully saturated rings. The van der Waals surface area contributed by atoms with Gasteiger partial charge in [-0.2, -0.15) is 5.10 Å². The summed E-state index contributed by atoms with van der Waals surface area (Å²) in [6, 6.07) is 1.61. The lowest BCUT2D eigenvalue weighted by Gasteiger charge is -2.17. The summed E-state index contributed by atoms with van der Waals surface area (Å²) in [7, 11) is 1.93. The van der Waals surface area contributed by atoms with Crippen LogP contribution in [0.25, 0.3) is 0 Å². The molecular weight excluding hydrogens is 204 g/mol. The lowest BCUT2D eigenvalue weighted by Crippen LogP contribution is -2.29. The first-order chi connectivity index (χ1) is 7.58. The lowest BCUT2D eigenvalue weighted by molar-refractivity contribution is 0.442. The van der Waals surface area contributed by atoms with Crippen molar-refractivity contribution in [3.63, 3.8) is 0 Å². The second kappa shape index (κ2) is 5.65. The van der Waals surface area contributed by atoms with Gasteiger partial charge in [-0.3, -0.25) is 4.79 Å². The minimum absolute atomic E-state index is 0.0712. The summed E-state index contributed by atoms with van der Waals surface area (Å²) in [5.41, 5.74) is 6.30. The average molecular weight is 224 g/mol. The molecule has 1 aromatic heterocycles. The SMILES string of the molecule is CCN(C)c1cnn(CC(C)CN)c(=O)c1. The van der Waals surface area contributed by atoms with Gasteiger partial charge in [-0.05, 0) is 19.4 Å². The molecule has 0 saturated heterocycles. The summed E-state index contributed by atoms with van der Waals surface area (Å²) in [6.07, 6.45) is 1.72. The van der Waals surface area contributed by atoms with Gasteiger partial charge in [-0.15, -0.1) is 0 Å². The van der Waals surface area contributed by atoms with E-state index in [1.165, 1.54) is 4.68 Å². The normalized spacial score (nSPS) is 12.5. The zero-order chi connectivity index (χ0) is 12.1. The van der Waals surface area contributed by atoms with Crippen LogP contribution < -0.4 is 16.2 Å². The number of anilines is 1. The third kappa shape index (κ3) is 3.06. The highest BCUT2D eigenvalue weighted by Crippen LogP contribution is 2.06. The molecule has 0 aliphatic carbocycles. The standard InChI is InChI=1S/C11H20N4O/c1-4-14(3)10-5-11(16)15(13-7-10)8-9(2)6-12/h5,7,9H,4,6,8,12H2,1-3H3. The van der Waals surface area contributed by atoms with Crippen LogP contribution in [0.5, 0.6) is 0 Å². The van der Waals surface area contributed by atoms with Gasteiger partial charge in [0.1, 0.15) is 0 Å². The van der Waals surface area contributed by atoms with Crippen LogP contribution in [0.1, 0.15) is 13.8 Å². The topological polar surface area (TPSA) is 64.2 Å². The quantitative estimate of drug-likeness (QED) is 0.781. The second-order valence-corrected chi connectivity index (χ2v) is 4.09. The van der Waals surface area contributed by atoms with E-state index in [9.17, 15) is 4.79 Å². The molecule has 0 amide bonds. The molecule has 1 aromatic rings. The third-order valence-electron chi connectivity index (χ3n) is 2.66. The Morgan fingerprint density at radius 2 is 2.31 bits per heavy atom. The molecule has 16 heavy (non-hydrogen) atoms. The van der Waals surface area contributed by atoms with Crippen LogP contribution in [0.3, 0.4) is 0 Å². The summed E-state index contributed by atoms with van der Waals surface area (Å²) in [5, 5.41) is 4.14. The largest absolute Gasteiger partial charge is 0.373 e. The average Bonchev–Trinajstić information content (AvgIpc) is 2.30. The van der Waals surface area contributed by atoms with Gasteiger partial charge < -0.3 is 10.6 Å². The Hall–Kier alpha value is -1.36. The molecule has 0 spiro atoms. The molecule has 1 atom stereocenters. The summed E-state index contributed by atoms with van der Waals surface area (Å²) < 4.78 is 1.46. The molecule has 1 unspecified atom stereocenters. The van der Waals surface area contributed by atoms with Crippen LogP contribution >= 0.6 is 0 Å². The van der Waals surface area contributed by atoms with Gasteiger partial charge in [0.15, 0.2) is 0 Å². The Bertz CT molecular complexity index is 388. The number of aromatic nitrogens is 2. The van der Waals surface area contributed by atoms with Crippen LogP contribution in [-0.2, 0) is 6.54 Å². The van der Waals surface area contributed by atoms with Crippen LogP contribution in [0.4, 0.5) is 5.69 Å². The van der Waals surface area contributed by atoms with Crippen LogP contribution in [-0.4, -0.2) is 29.9 Å². The van der Waals surface area contributed by atoms with Crippen LogP contribution in [0.2, 0.25) is 0 Å². The van der Waals surface area contributed by atoms with E-state index in [0.29, 0.717) is 13.1 Å². The highest BCUT2D eigenvalue weighted by molar-refractivity contribution is 5.41. The predicted molar refractivity (Wildman–Crippen MR) is 65.7 cm³/mol. The predicted octanol–water partition coefficient (Wildman–Crippen LogP) is 0.294. The highest BCUT2D eigenvalue weighted by Gasteiger charge is 2.06. The minimum atomic E-state index is -0.0712. The van der Waals surface area contributed by atoms with Gasteiger partial charge in [0.25, 0.3) is 5.56 Å². The van der Waals surface area contributed by atoms with Crippen molar-refractivity contribution >= 4 is 5.69 Å². The fourth-order valence-corrected chi connectivity index (χ4v) is 1.32. The van der Waals surface area contributed by atoms with Crippen molar-refractivity contribution < 1.29 is 0 Å². The van der Waals surface area contributed by atoms with Crippen molar-refractivity contribution in [2.75, 3.05) is 25.0 Å². The number of rotatable bonds is 5. The molecular formula is C11H20N4O. The maximum absolute atomic E-state index is 11.7. The van der Waals surface area contributed by atoms with Crippen molar-refractivity contribution in [2.24, 2.45) is 11.7 Å². The Labute approximate surface area is 95.9 Å². The number of nitrogens with zero attached hydrogens (tertiary/aromatic N) is 3. The number of nitrogens with two attached hydrogens (primary N) is 1. The zero-order valence-corrected chi connectivity index (χ0v) is 10.2. The van der Waals surface area contributed by atoms with Gasteiger partial charge in [-0.1, -0.05) is 6.92 Å². The molecule has 0 aromatic carbocycles. The van der Waals surface area contributed by atoms with Crippen molar-refractivity contribution in [2.45, 2.75) is 20.4 Å². The van der Waals surface area contributed by atoms with Crippen LogP contribution in [0.15, 0.2) is 17.1 Å². The molecule has 1 heterocycles. The van der Waals surface area contributed by atoms with Crippen molar-refractivity contribution in [1.82, 2.24) is 9.78 Å². The molecule has 2 N–H and O–H groups in total. The fourth-order valence-electron chi connectivity index (χ4n) is 1.32. The molecule has 0 saturated carbocycles. The second-order valence-electron chi connectivity index (χ2n) is 4.09. The molecule has 0 aliphatic heterocycles. The van der Waals surface area contributed by atoms with Crippen molar-refractivity contribution in [3.05, 3.63) is 22.6 Å². The van der Waals surface area contributed by atoms with E-state index in [1.807, 2.05) is 25.8 Å². The maximum Gasteiger partial charge on any atom is 0.268 e. The Morgan fingerprint density at radius 3 is 2.81 bits per heavy atom. The monoisotopic (exact) mass is 224 g/mol. The van der Waals surface area contributed by atoms with Gasteiger partial charge in [0.05, 0.1) is 11.9 Å². The molecule has 90 valence electrons. The third-order valence-corrected chi connectivity index (χ3v) is 2.66. The first kappa shape index (κ1) is 12.7. The lowest BCUT2D eigenvalue weighted by atomic mass is 10.2. The van der Waals surface area contributed by atoms with Gasteiger partial charge in [-0.25, -0.2) is 4.68 Å². The summed E-state index contributed by atoms with van der Waals surface area (Å²) in [5.74, 6) is 0.264. The van der Waals surface area contributed by atoms with E-state index in [0.717, 1.165) is 12.2 Å². The molecule has 0 radical (unpaired) electrons. The molecule has 1 rings (SSSR count). The smallest absolute Gasteiger partial charge is 0.268 e. The van der Waals surface area contributed by atoms with E-state index in [1.54, 1.807) is 12.3 Å². The Kier molecular flexibility index (Phi) is 4.49.